The van der Waals surface area contributed by atoms with Crippen molar-refractivity contribution in [3.63, 3.8) is 0 Å². The van der Waals surface area contributed by atoms with Crippen molar-refractivity contribution in [2.45, 2.75) is 33.7 Å². The molecule has 0 saturated heterocycles. The molecule has 2 N–H and O–H groups in total. The largest absolute Gasteiger partial charge is 0.356 e. The zero-order valence-corrected chi connectivity index (χ0v) is 14.0. The highest BCUT2D eigenvalue weighted by atomic mass is 32.1. The highest BCUT2D eigenvalue weighted by Crippen LogP contribution is 2.19. The van der Waals surface area contributed by atoms with Crippen LogP contribution in [-0.4, -0.2) is 14.9 Å². The van der Waals surface area contributed by atoms with Gasteiger partial charge in [-0.15, -0.1) is 0 Å². The normalized spacial score (nSPS) is 12.0. The number of benzene rings is 1. The second-order valence-corrected chi connectivity index (χ2v) is 5.78. The molecule has 1 heterocycles. The van der Waals surface area contributed by atoms with E-state index >= 15 is 0 Å². The average molecular weight is 302 g/mol. The van der Waals surface area contributed by atoms with E-state index < -0.39 is 0 Å². The molecule has 5 heteroatoms. The summed E-state index contributed by atoms with van der Waals surface area (Å²) in [5, 5.41) is 11.5. The minimum absolute atomic E-state index is 0.115. The summed E-state index contributed by atoms with van der Waals surface area (Å²) >= 11 is 5.42. The van der Waals surface area contributed by atoms with Gasteiger partial charge in [0.05, 0.1) is 12.2 Å². The first-order valence-electron chi connectivity index (χ1n) is 7.02. The molecule has 112 valence electrons. The maximum Gasteiger partial charge on any atom is 0.171 e. The van der Waals surface area contributed by atoms with Crippen LogP contribution in [0.2, 0.25) is 0 Å². The molecule has 2 rings (SSSR count). The lowest BCUT2D eigenvalue weighted by molar-refractivity contribution is 0.701. The minimum atomic E-state index is 0.115. The first-order valence-corrected chi connectivity index (χ1v) is 7.43. The van der Waals surface area contributed by atoms with Gasteiger partial charge in [0.25, 0.3) is 0 Å². The van der Waals surface area contributed by atoms with Crippen molar-refractivity contribution in [1.29, 1.82) is 0 Å². The van der Waals surface area contributed by atoms with Crippen LogP contribution in [0, 0.1) is 20.8 Å². The predicted molar refractivity (Wildman–Crippen MR) is 91.6 cm³/mol. The number of hydrogen-bond donors (Lipinski definition) is 2. The Hall–Kier alpha value is -1.88. The molecule has 1 aromatic carbocycles. The van der Waals surface area contributed by atoms with Gasteiger partial charge in [0.2, 0.25) is 0 Å². The van der Waals surface area contributed by atoms with E-state index in [1.807, 2.05) is 30.1 Å². The third kappa shape index (κ3) is 3.42. The second kappa shape index (κ2) is 6.26. The van der Waals surface area contributed by atoms with Crippen molar-refractivity contribution in [3.8, 4) is 0 Å². The van der Waals surface area contributed by atoms with Crippen LogP contribution >= 0.6 is 12.2 Å². The number of aromatic nitrogens is 2. The summed E-state index contributed by atoms with van der Waals surface area (Å²) in [6.45, 7) is 8.33. The number of rotatable bonds is 3. The highest BCUT2D eigenvalue weighted by Gasteiger charge is 2.13. The number of nitrogens with zero attached hydrogens (tertiary/aromatic N) is 2. The summed E-state index contributed by atoms with van der Waals surface area (Å²) < 4.78 is 1.87. The van der Waals surface area contributed by atoms with E-state index in [2.05, 4.69) is 49.5 Å². The van der Waals surface area contributed by atoms with Crippen LogP contribution in [0.15, 0.2) is 24.4 Å². The van der Waals surface area contributed by atoms with Crippen molar-refractivity contribution in [3.05, 3.63) is 46.8 Å². The molecule has 1 atom stereocenters. The lowest BCUT2D eigenvalue weighted by Gasteiger charge is -2.18. The molecule has 0 saturated carbocycles. The Morgan fingerprint density at radius 1 is 1.29 bits per heavy atom. The lowest BCUT2D eigenvalue weighted by atomic mass is 10.1. The van der Waals surface area contributed by atoms with Gasteiger partial charge in [-0.25, -0.2) is 0 Å². The van der Waals surface area contributed by atoms with Crippen LogP contribution in [0.1, 0.15) is 35.3 Å². The van der Waals surface area contributed by atoms with Crippen LogP contribution < -0.4 is 10.6 Å². The minimum Gasteiger partial charge on any atom is -0.356 e. The second-order valence-electron chi connectivity index (χ2n) is 5.38. The van der Waals surface area contributed by atoms with Crippen molar-refractivity contribution in [1.82, 2.24) is 15.1 Å². The van der Waals surface area contributed by atoms with Gasteiger partial charge in [-0.3, -0.25) is 4.68 Å². The smallest absolute Gasteiger partial charge is 0.171 e. The van der Waals surface area contributed by atoms with Gasteiger partial charge >= 0.3 is 0 Å². The molecule has 0 amide bonds. The Morgan fingerprint density at radius 2 is 2.00 bits per heavy atom. The molecule has 2 aromatic rings. The molecule has 0 aliphatic carbocycles. The fourth-order valence-corrected chi connectivity index (χ4v) is 2.55. The van der Waals surface area contributed by atoms with Crippen LogP contribution in [0.25, 0.3) is 0 Å². The standard InChI is InChI=1S/C16H22N4S/c1-10-7-6-8-15(11(10)2)19-16(21)18-12(3)14-9-17-20(5)13(14)4/h6-9,12H,1-5H3,(H2,18,19,21). The molecule has 0 spiro atoms. The molecule has 4 nitrogen and oxygen atoms in total. The van der Waals surface area contributed by atoms with Crippen molar-refractivity contribution in [2.75, 3.05) is 5.32 Å². The fraction of sp³-hybridized carbons (Fsp3) is 0.375. The third-order valence-corrected chi connectivity index (χ3v) is 4.16. The number of anilines is 1. The molecule has 0 aliphatic heterocycles. The SMILES string of the molecule is Cc1cccc(NC(=S)NC(C)c2cnn(C)c2C)c1C. The average Bonchev–Trinajstić information content (AvgIpc) is 2.75. The number of aryl methyl sites for hydroxylation is 2. The van der Waals surface area contributed by atoms with Gasteiger partial charge in [-0.05, 0) is 57.1 Å². The molecule has 0 radical (unpaired) electrons. The number of hydrogen-bond acceptors (Lipinski definition) is 2. The third-order valence-electron chi connectivity index (χ3n) is 3.94. The number of nitrogens with one attached hydrogen (secondary N) is 2. The lowest BCUT2D eigenvalue weighted by Crippen LogP contribution is -2.31. The predicted octanol–water partition coefficient (Wildman–Crippen LogP) is 3.39. The van der Waals surface area contributed by atoms with Gasteiger partial charge in [0.15, 0.2) is 5.11 Å². The van der Waals surface area contributed by atoms with Gasteiger partial charge < -0.3 is 10.6 Å². The van der Waals surface area contributed by atoms with Gasteiger partial charge in [-0.2, -0.15) is 5.10 Å². The van der Waals surface area contributed by atoms with E-state index in [0.717, 1.165) is 16.9 Å². The summed E-state index contributed by atoms with van der Waals surface area (Å²) in [4.78, 5) is 0. The molecular weight excluding hydrogens is 280 g/mol. The summed E-state index contributed by atoms with van der Waals surface area (Å²) in [6, 6.07) is 6.28. The molecule has 0 aliphatic rings. The van der Waals surface area contributed by atoms with Gasteiger partial charge in [0.1, 0.15) is 0 Å². The number of thiocarbonyl (C=S) groups is 1. The van der Waals surface area contributed by atoms with Crippen LogP contribution in [0.5, 0.6) is 0 Å². The topological polar surface area (TPSA) is 41.9 Å². The molecular formula is C16H22N4S. The molecule has 0 fully saturated rings. The van der Waals surface area contributed by atoms with Crippen molar-refractivity contribution in [2.24, 2.45) is 7.05 Å². The first kappa shape index (κ1) is 15.5. The van der Waals surface area contributed by atoms with E-state index in [0.29, 0.717) is 5.11 Å². The van der Waals surface area contributed by atoms with Crippen LogP contribution in [0.4, 0.5) is 5.69 Å². The Kier molecular flexibility index (Phi) is 4.63. The fourth-order valence-electron chi connectivity index (χ4n) is 2.26. The van der Waals surface area contributed by atoms with Gasteiger partial charge in [-0.1, -0.05) is 12.1 Å². The Bertz CT molecular complexity index is 660. The van der Waals surface area contributed by atoms with Crippen molar-refractivity contribution < 1.29 is 0 Å². The monoisotopic (exact) mass is 302 g/mol. The Labute approximate surface area is 131 Å². The Morgan fingerprint density at radius 3 is 2.62 bits per heavy atom. The maximum atomic E-state index is 5.42. The van der Waals surface area contributed by atoms with Crippen LogP contribution in [0.3, 0.4) is 0 Å². The van der Waals surface area contributed by atoms with Crippen molar-refractivity contribution >= 4 is 23.0 Å². The van der Waals surface area contributed by atoms with E-state index in [9.17, 15) is 0 Å². The van der Waals surface area contributed by atoms with E-state index in [1.54, 1.807) is 0 Å². The molecule has 0 bridgehead atoms. The zero-order valence-electron chi connectivity index (χ0n) is 13.2. The van der Waals surface area contributed by atoms with E-state index in [1.165, 1.54) is 11.1 Å². The molecule has 1 aromatic heterocycles. The summed E-state index contributed by atoms with van der Waals surface area (Å²) in [5.41, 5.74) is 5.81. The summed E-state index contributed by atoms with van der Waals surface area (Å²) in [5.74, 6) is 0. The van der Waals surface area contributed by atoms with Gasteiger partial charge in [0, 0.05) is 24.0 Å². The van der Waals surface area contributed by atoms with E-state index in [4.69, 9.17) is 12.2 Å². The quantitative estimate of drug-likeness (QED) is 0.853. The first-order chi connectivity index (χ1) is 9.90. The maximum absolute atomic E-state index is 5.42. The zero-order chi connectivity index (χ0) is 15.6. The van der Waals surface area contributed by atoms with Crippen LogP contribution in [-0.2, 0) is 7.05 Å². The highest BCUT2D eigenvalue weighted by molar-refractivity contribution is 7.80. The Balaban J connectivity index is 2.05. The summed E-state index contributed by atoms with van der Waals surface area (Å²) in [7, 11) is 1.94. The molecule has 21 heavy (non-hydrogen) atoms. The summed E-state index contributed by atoms with van der Waals surface area (Å²) in [6.07, 6.45) is 1.88. The molecule has 1 unspecified atom stereocenters. The van der Waals surface area contributed by atoms with E-state index in [-0.39, 0.29) is 6.04 Å².